The largest absolute Gasteiger partial charge is 0.360 e. The Kier molecular flexibility index (Phi) is 5.30. The molecule has 0 fully saturated rings. The molecule has 28 heavy (non-hydrogen) atoms. The number of para-hydroxylation sites is 2. The fraction of sp³-hybridized carbons (Fsp3) is 0.227. The van der Waals surface area contributed by atoms with Gasteiger partial charge in [-0.1, -0.05) is 55.4 Å². The molecule has 2 aromatic heterocycles. The predicted molar refractivity (Wildman–Crippen MR) is 114 cm³/mol. The third-order valence-electron chi connectivity index (χ3n) is 4.78. The van der Waals surface area contributed by atoms with Crippen LogP contribution in [0.25, 0.3) is 21.8 Å². The normalized spacial score (nSPS) is 11.3. The minimum absolute atomic E-state index is 0.0203. The summed E-state index contributed by atoms with van der Waals surface area (Å²) < 4.78 is 1.71. The molecule has 0 spiro atoms. The second-order valence-corrected chi connectivity index (χ2v) is 7.62. The van der Waals surface area contributed by atoms with E-state index in [9.17, 15) is 9.59 Å². The number of benzene rings is 2. The quantitative estimate of drug-likeness (QED) is 0.283. The van der Waals surface area contributed by atoms with E-state index in [0.29, 0.717) is 28.2 Å². The van der Waals surface area contributed by atoms with E-state index in [1.165, 1.54) is 11.8 Å². The molecule has 0 aliphatic rings. The summed E-state index contributed by atoms with van der Waals surface area (Å²) in [4.78, 5) is 33.5. The van der Waals surface area contributed by atoms with Gasteiger partial charge in [-0.05, 0) is 24.6 Å². The number of nitrogens with zero attached hydrogens (tertiary/aromatic N) is 2. The van der Waals surface area contributed by atoms with Crippen molar-refractivity contribution >= 4 is 39.4 Å². The van der Waals surface area contributed by atoms with E-state index in [-0.39, 0.29) is 17.1 Å². The number of H-pyrrole nitrogens is 1. The third-order valence-corrected chi connectivity index (χ3v) is 5.76. The summed E-state index contributed by atoms with van der Waals surface area (Å²) >= 11 is 1.33. The lowest BCUT2D eigenvalue weighted by molar-refractivity contribution is 0.102. The monoisotopic (exact) mass is 391 g/mol. The van der Waals surface area contributed by atoms with Gasteiger partial charge in [0.25, 0.3) is 5.56 Å². The van der Waals surface area contributed by atoms with Crippen LogP contribution in [-0.4, -0.2) is 26.1 Å². The van der Waals surface area contributed by atoms with Gasteiger partial charge in [0.1, 0.15) is 0 Å². The molecule has 0 aliphatic heterocycles. The molecule has 4 rings (SSSR count). The number of thioether (sulfide) groups is 1. The van der Waals surface area contributed by atoms with Crippen LogP contribution >= 0.6 is 11.8 Å². The number of hydrogen-bond donors (Lipinski definition) is 1. The Hall–Kier alpha value is -2.86. The molecule has 0 bridgehead atoms. The van der Waals surface area contributed by atoms with Crippen molar-refractivity contribution in [1.29, 1.82) is 0 Å². The van der Waals surface area contributed by atoms with Gasteiger partial charge >= 0.3 is 0 Å². The number of carbonyl (C=O) groups is 1. The highest BCUT2D eigenvalue weighted by molar-refractivity contribution is 7.99. The fourth-order valence-corrected chi connectivity index (χ4v) is 4.19. The molecule has 1 N–H and O–H groups in total. The van der Waals surface area contributed by atoms with Crippen molar-refractivity contribution in [1.82, 2.24) is 14.5 Å². The Balaban J connectivity index is 1.65. The van der Waals surface area contributed by atoms with Crippen molar-refractivity contribution in [2.45, 2.75) is 31.5 Å². The van der Waals surface area contributed by atoms with Crippen LogP contribution in [0.2, 0.25) is 0 Å². The van der Waals surface area contributed by atoms with Crippen molar-refractivity contribution in [3.63, 3.8) is 0 Å². The standard InChI is InChI=1S/C22H21N3O2S/c1-2-3-12-25-21(27)16-9-5-7-11-19(16)24-22(25)28-14-20(26)17-13-23-18-10-6-4-8-15(17)18/h4-11,13,23H,2-3,12,14H2,1H3. The van der Waals surface area contributed by atoms with Gasteiger partial charge in [0.05, 0.1) is 16.7 Å². The zero-order chi connectivity index (χ0) is 19.5. The third kappa shape index (κ3) is 3.47. The Bertz CT molecular complexity index is 1210. The lowest BCUT2D eigenvalue weighted by Crippen LogP contribution is -2.23. The number of Topliss-reactive ketones (excluding diaryl/α,β-unsaturated/α-hetero) is 1. The van der Waals surface area contributed by atoms with Gasteiger partial charge in [0.2, 0.25) is 0 Å². The molecule has 0 radical (unpaired) electrons. The summed E-state index contributed by atoms with van der Waals surface area (Å²) in [6.45, 7) is 2.70. The van der Waals surface area contributed by atoms with Crippen LogP contribution < -0.4 is 5.56 Å². The molecule has 0 saturated heterocycles. The molecule has 142 valence electrons. The maximum absolute atomic E-state index is 12.9. The smallest absolute Gasteiger partial charge is 0.262 e. The minimum atomic E-state index is -0.0407. The molecule has 6 heteroatoms. The molecule has 0 unspecified atom stereocenters. The average molecular weight is 391 g/mol. The number of carbonyl (C=O) groups excluding carboxylic acids is 1. The topological polar surface area (TPSA) is 67.8 Å². The number of aromatic nitrogens is 3. The van der Waals surface area contributed by atoms with Gasteiger partial charge in [-0.25, -0.2) is 4.98 Å². The number of nitrogens with one attached hydrogen (secondary N) is 1. The van der Waals surface area contributed by atoms with Crippen molar-refractivity contribution in [2.75, 3.05) is 5.75 Å². The van der Waals surface area contributed by atoms with Crippen LogP contribution in [0.1, 0.15) is 30.1 Å². The molecule has 2 heterocycles. The maximum atomic E-state index is 12.9. The van der Waals surface area contributed by atoms with E-state index in [0.717, 1.165) is 23.7 Å². The molecule has 0 saturated carbocycles. The second-order valence-electron chi connectivity index (χ2n) is 6.68. The second kappa shape index (κ2) is 8.02. The zero-order valence-electron chi connectivity index (χ0n) is 15.6. The molecule has 0 amide bonds. The SMILES string of the molecule is CCCCn1c(SCC(=O)c2c[nH]c3ccccc23)nc2ccccc2c1=O. The summed E-state index contributed by atoms with van der Waals surface area (Å²) in [6, 6.07) is 15.1. The zero-order valence-corrected chi connectivity index (χ0v) is 16.5. The summed E-state index contributed by atoms with van der Waals surface area (Å²) in [5.41, 5.74) is 2.24. The summed E-state index contributed by atoms with van der Waals surface area (Å²) in [6.07, 6.45) is 3.63. The van der Waals surface area contributed by atoms with Crippen molar-refractivity contribution in [3.8, 4) is 0 Å². The number of hydrogen-bond acceptors (Lipinski definition) is 4. The maximum Gasteiger partial charge on any atom is 0.262 e. The van der Waals surface area contributed by atoms with E-state index < -0.39 is 0 Å². The Labute approximate surface area is 166 Å². The highest BCUT2D eigenvalue weighted by Gasteiger charge is 2.16. The minimum Gasteiger partial charge on any atom is -0.360 e. The van der Waals surface area contributed by atoms with E-state index >= 15 is 0 Å². The van der Waals surface area contributed by atoms with Crippen LogP contribution in [0.15, 0.2) is 64.7 Å². The highest BCUT2D eigenvalue weighted by atomic mass is 32.2. The molecule has 0 aliphatic carbocycles. The van der Waals surface area contributed by atoms with E-state index in [1.807, 2.05) is 42.5 Å². The van der Waals surface area contributed by atoms with E-state index in [4.69, 9.17) is 0 Å². The van der Waals surface area contributed by atoms with Crippen molar-refractivity contribution < 1.29 is 4.79 Å². The van der Waals surface area contributed by atoms with Crippen molar-refractivity contribution in [3.05, 3.63) is 70.6 Å². The summed E-state index contributed by atoms with van der Waals surface area (Å²) in [5.74, 6) is 0.255. The molecular formula is C22H21N3O2S. The molecular weight excluding hydrogens is 370 g/mol. The number of fused-ring (bicyclic) bond motifs is 2. The van der Waals surface area contributed by atoms with Gasteiger partial charge in [-0.3, -0.25) is 14.2 Å². The van der Waals surface area contributed by atoms with Crippen LogP contribution in [0, 0.1) is 0 Å². The first-order chi connectivity index (χ1) is 13.7. The predicted octanol–water partition coefficient (Wildman–Crippen LogP) is 4.65. The molecule has 2 aromatic carbocycles. The van der Waals surface area contributed by atoms with Crippen molar-refractivity contribution in [2.24, 2.45) is 0 Å². The first-order valence-corrected chi connectivity index (χ1v) is 10.4. The number of rotatable bonds is 7. The number of aromatic amines is 1. The Morgan fingerprint density at radius 2 is 1.86 bits per heavy atom. The number of ketones is 1. The van der Waals surface area contributed by atoms with E-state index in [1.54, 1.807) is 16.8 Å². The Morgan fingerprint density at radius 3 is 2.68 bits per heavy atom. The first kappa shape index (κ1) is 18.5. The van der Waals surface area contributed by atoms with Crippen LogP contribution in [0.4, 0.5) is 0 Å². The van der Waals surface area contributed by atoms with Gasteiger partial charge in [0, 0.05) is 29.2 Å². The van der Waals surface area contributed by atoms with Gasteiger partial charge in [0.15, 0.2) is 10.9 Å². The number of unbranched alkanes of at least 4 members (excludes halogenated alkanes) is 1. The average Bonchev–Trinajstić information content (AvgIpc) is 3.16. The lowest BCUT2D eigenvalue weighted by Gasteiger charge is -2.12. The van der Waals surface area contributed by atoms with E-state index in [2.05, 4.69) is 16.9 Å². The van der Waals surface area contributed by atoms with Gasteiger partial charge < -0.3 is 4.98 Å². The molecule has 0 atom stereocenters. The lowest BCUT2D eigenvalue weighted by atomic mass is 10.1. The first-order valence-electron chi connectivity index (χ1n) is 9.40. The van der Waals surface area contributed by atoms with Gasteiger partial charge in [-0.2, -0.15) is 0 Å². The summed E-state index contributed by atoms with van der Waals surface area (Å²) in [5, 5.41) is 2.14. The Morgan fingerprint density at radius 1 is 1.11 bits per heavy atom. The van der Waals surface area contributed by atoms with Crippen LogP contribution in [0.5, 0.6) is 0 Å². The van der Waals surface area contributed by atoms with Crippen LogP contribution in [-0.2, 0) is 6.54 Å². The van der Waals surface area contributed by atoms with Crippen LogP contribution in [0.3, 0.4) is 0 Å². The van der Waals surface area contributed by atoms with Gasteiger partial charge in [-0.15, -0.1) is 0 Å². The fourth-order valence-electron chi connectivity index (χ4n) is 3.28. The highest BCUT2D eigenvalue weighted by Crippen LogP contribution is 2.23. The molecule has 4 aromatic rings. The summed E-state index contributed by atoms with van der Waals surface area (Å²) in [7, 11) is 0. The molecule has 5 nitrogen and oxygen atoms in total.